The average Bonchev–Trinajstić information content (AvgIpc) is 3.45. The molecule has 0 saturated heterocycles. The monoisotopic (exact) mass is 446 g/mol. The highest BCUT2D eigenvalue weighted by Crippen LogP contribution is 2.37. The van der Waals surface area contributed by atoms with Gasteiger partial charge in [-0.1, -0.05) is 30.3 Å². The zero-order valence-corrected chi connectivity index (χ0v) is 18.9. The average molecular weight is 447 g/mol. The lowest BCUT2D eigenvalue weighted by molar-refractivity contribution is 0.142. The summed E-state index contributed by atoms with van der Waals surface area (Å²) in [7, 11) is 0. The Labute approximate surface area is 192 Å². The van der Waals surface area contributed by atoms with Gasteiger partial charge in [-0.2, -0.15) is 10.2 Å². The molecule has 4 rings (SSSR count). The van der Waals surface area contributed by atoms with Crippen LogP contribution in [0.5, 0.6) is 5.75 Å². The van der Waals surface area contributed by atoms with Crippen molar-refractivity contribution in [3.05, 3.63) is 53.1 Å². The summed E-state index contributed by atoms with van der Waals surface area (Å²) in [5.41, 5.74) is 4.05. The molecule has 3 aromatic rings. The van der Waals surface area contributed by atoms with Crippen LogP contribution >= 0.6 is 0 Å². The van der Waals surface area contributed by atoms with Gasteiger partial charge in [0.15, 0.2) is 0 Å². The summed E-state index contributed by atoms with van der Waals surface area (Å²) in [4.78, 5) is 16.6. The van der Waals surface area contributed by atoms with Gasteiger partial charge < -0.3 is 19.3 Å². The smallest absolute Gasteiger partial charge is 0.407 e. The van der Waals surface area contributed by atoms with Gasteiger partial charge in [0.05, 0.1) is 24.3 Å². The molecule has 0 bridgehead atoms. The highest BCUT2D eigenvalue weighted by Gasteiger charge is 2.28. The topological polar surface area (TPSA) is 110 Å². The summed E-state index contributed by atoms with van der Waals surface area (Å²) in [6, 6.07) is 13.2. The van der Waals surface area contributed by atoms with Crippen molar-refractivity contribution in [2.24, 2.45) is 0 Å². The standard InChI is InChI=1S/C25H26N4O4/c1-4-12-31-25(30)27-21-10-9-18-19(21)6-5-7-20(18)23-28-24(33-29-23)16-8-11-22(32-15(2)3)17(13-16)14-26/h5-8,11,13,15,21H,4,9-10,12H2,1-3H3,(H,27,30)/t21-/m1/s1. The molecule has 1 aliphatic carbocycles. The number of carbonyl (C=O) groups excluding carboxylic acids is 1. The Hall–Kier alpha value is -3.86. The minimum atomic E-state index is -0.403. The Bertz CT molecular complexity index is 1200. The van der Waals surface area contributed by atoms with Crippen molar-refractivity contribution >= 4 is 6.09 Å². The molecule has 1 amide bonds. The highest BCUT2D eigenvalue weighted by atomic mass is 16.5. The first-order chi connectivity index (χ1) is 16.0. The van der Waals surface area contributed by atoms with Crippen molar-refractivity contribution in [2.75, 3.05) is 6.61 Å². The lowest BCUT2D eigenvalue weighted by atomic mass is 10.0. The van der Waals surface area contributed by atoms with Crippen LogP contribution < -0.4 is 10.1 Å². The number of nitrogens with zero attached hydrogens (tertiary/aromatic N) is 3. The number of hydrogen-bond acceptors (Lipinski definition) is 7. The first-order valence-corrected chi connectivity index (χ1v) is 11.1. The molecule has 8 nitrogen and oxygen atoms in total. The Morgan fingerprint density at radius 2 is 2.18 bits per heavy atom. The Morgan fingerprint density at radius 1 is 1.33 bits per heavy atom. The third kappa shape index (κ3) is 4.82. The lowest BCUT2D eigenvalue weighted by Gasteiger charge is -2.14. The van der Waals surface area contributed by atoms with Gasteiger partial charge >= 0.3 is 6.09 Å². The summed E-state index contributed by atoms with van der Waals surface area (Å²) in [6.07, 6.45) is 1.90. The number of benzene rings is 2. The van der Waals surface area contributed by atoms with E-state index in [-0.39, 0.29) is 12.1 Å². The number of nitriles is 1. The van der Waals surface area contributed by atoms with E-state index in [0.29, 0.717) is 35.2 Å². The van der Waals surface area contributed by atoms with E-state index in [1.807, 2.05) is 39.0 Å². The van der Waals surface area contributed by atoms with Crippen molar-refractivity contribution in [1.29, 1.82) is 5.26 Å². The van der Waals surface area contributed by atoms with Crippen LogP contribution in [0.3, 0.4) is 0 Å². The SMILES string of the molecule is CCCOC(=O)N[C@@H]1CCc2c(-c3noc(-c4ccc(OC(C)C)c(C#N)c4)n3)cccc21. The number of amides is 1. The van der Waals surface area contributed by atoms with E-state index in [2.05, 4.69) is 21.5 Å². The molecule has 0 fully saturated rings. The normalized spacial score (nSPS) is 14.6. The van der Waals surface area contributed by atoms with Crippen LogP contribution in [0.1, 0.15) is 56.3 Å². The minimum Gasteiger partial charge on any atom is -0.490 e. The van der Waals surface area contributed by atoms with Gasteiger partial charge in [0, 0.05) is 11.1 Å². The van der Waals surface area contributed by atoms with Crippen LogP contribution in [0.4, 0.5) is 4.79 Å². The molecule has 1 heterocycles. The first-order valence-electron chi connectivity index (χ1n) is 11.1. The second-order valence-electron chi connectivity index (χ2n) is 8.16. The number of nitrogens with one attached hydrogen (secondary N) is 1. The Morgan fingerprint density at radius 3 is 2.94 bits per heavy atom. The second kappa shape index (κ2) is 9.74. The van der Waals surface area contributed by atoms with E-state index in [0.717, 1.165) is 36.0 Å². The number of ether oxygens (including phenoxy) is 2. The molecule has 2 aromatic carbocycles. The number of fused-ring (bicyclic) bond motifs is 1. The van der Waals surface area contributed by atoms with Crippen molar-refractivity contribution in [3.8, 4) is 34.7 Å². The summed E-state index contributed by atoms with van der Waals surface area (Å²) in [5.74, 6) is 1.32. The number of carbonyl (C=O) groups is 1. The van der Waals surface area contributed by atoms with E-state index in [1.54, 1.807) is 18.2 Å². The fraction of sp³-hybridized carbons (Fsp3) is 0.360. The van der Waals surface area contributed by atoms with Crippen molar-refractivity contribution < 1.29 is 18.8 Å². The molecule has 0 unspecified atom stereocenters. The second-order valence-corrected chi connectivity index (χ2v) is 8.16. The third-order valence-electron chi connectivity index (χ3n) is 5.38. The van der Waals surface area contributed by atoms with Gasteiger partial charge in [0.2, 0.25) is 5.82 Å². The van der Waals surface area contributed by atoms with Gasteiger partial charge in [-0.3, -0.25) is 0 Å². The van der Waals surface area contributed by atoms with Crippen molar-refractivity contribution in [2.45, 2.75) is 52.2 Å². The van der Waals surface area contributed by atoms with Crippen molar-refractivity contribution in [1.82, 2.24) is 15.5 Å². The van der Waals surface area contributed by atoms with Gasteiger partial charge in [-0.05, 0) is 62.4 Å². The zero-order valence-electron chi connectivity index (χ0n) is 18.9. The van der Waals surface area contributed by atoms with Gasteiger partial charge in [-0.25, -0.2) is 4.79 Å². The van der Waals surface area contributed by atoms with Gasteiger partial charge in [0.1, 0.15) is 11.8 Å². The lowest BCUT2D eigenvalue weighted by Crippen LogP contribution is -2.28. The van der Waals surface area contributed by atoms with Gasteiger partial charge in [-0.15, -0.1) is 0 Å². The quantitative estimate of drug-likeness (QED) is 0.532. The number of hydrogen-bond donors (Lipinski definition) is 1. The van der Waals surface area contributed by atoms with E-state index in [9.17, 15) is 10.1 Å². The zero-order chi connectivity index (χ0) is 23.4. The summed E-state index contributed by atoms with van der Waals surface area (Å²) in [6.45, 7) is 6.17. The molecular weight excluding hydrogens is 420 g/mol. The van der Waals surface area contributed by atoms with Crippen LogP contribution in [0, 0.1) is 11.3 Å². The van der Waals surface area contributed by atoms with Crippen LogP contribution in [-0.4, -0.2) is 28.9 Å². The predicted molar refractivity (Wildman–Crippen MR) is 121 cm³/mol. The largest absolute Gasteiger partial charge is 0.490 e. The van der Waals surface area contributed by atoms with Crippen molar-refractivity contribution in [3.63, 3.8) is 0 Å². The molecule has 1 aromatic heterocycles. The van der Waals surface area contributed by atoms with E-state index in [4.69, 9.17) is 14.0 Å². The molecular formula is C25H26N4O4. The molecule has 8 heteroatoms. The third-order valence-corrected chi connectivity index (χ3v) is 5.38. The fourth-order valence-electron chi connectivity index (χ4n) is 3.95. The van der Waals surface area contributed by atoms with Gasteiger partial charge in [0.25, 0.3) is 5.89 Å². The molecule has 0 saturated carbocycles. The number of rotatable bonds is 7. The number of alkyl carbamates (subject to hydrolysis) is 1. The fourth-order valence-corrected chi connectivity index (χ4v) is 3.95. The maximum atomic E-state index is 12.0. The van der Waals surface area contributed by atoms with Crippen LogP contribution in [-0.2, 0) is 11.2 Å². The molecule has 1 atom stereocenters. The van der Waals surface area contributed by atoms with E-state index in [1.165, 1.54) is 0 Å². The molecule has 0 aliphatic heterocycles. The molecule has 0 spiro atoms. The highest BCUT2D eigenvalue weighted by molar-refractivity contribution is 5.70. The molecule has 1 N–H and O–H groups in total. The first kappa shape index (κ1) is 22.3. The maximum Gasteiger partial charge on any atom is 0.407 e. The Balaban J connectivity index is 1.58. The summed E-state index contributed by atoms with van der Waals surface area (Å²) < 4.78 is 16.4. The van der Waals surface area contributed by atoms with Crippen LogP contribution in [0.25, 0.3) is 22.8 Å². The van der Waals surface area contributed by atoms with E-state index >= 15 is 0 Å². The van der Waals surface area contributed by atoms with Crippen LogP contribution in [0.2, 0.25) is 0 Å². The van der Waals surface area contributed by atoms with Crippen LogP contribution in [0.15, 0.2) is 40.9 Å². The molecule has 170 valence electrons. The summed E-state index contributed by atoms with van der Waals surface area (Å²) >= 11 is 0. The molecule has 1 aliphatic rings. The predicted octanol–water partition coefficient (Wildman–Crippen LogP) is 5.19. The molecule has 0 radical (unpaired) electrons. The summed E-state index contributed by atoms with van der Waals surface area (Å²) in [5, 5.41) is 16.6. The molecule has 33 heavy (non-hydrogen) atoms. The maximum absolute atomic E-state index is 12.0. The Kier molecular flexibility index (Phi) is 6.59. The minimum absolute atomic E-state index is 0.0371. The van der Waals surface area contributed by atoms with E-state index < -0.39 is 6.09 Å². The number of aromatic nitrogens is 2.